The van der Waals surface area contributed by atoms with E-state index in [0.29, 0.717) is 17.8 Å². The SMILES string of the molecule is C=C(Nc1ccc(Oc2cc(C(F)(F)F)cc(C(F)(F)F)c2)cc1)c1c(F)cccc1F. The van der Waals surface area contributed by atoms with Gasteiger partial charge in [0, 0.05) is 11.4 Å². The Hall–Kier alpha value is -3.56. The van der Waals surface area contributed by atoms with E-state index in [9.17, 15) is 35.1 Å². The number of rotatable bonds is 5. The Kier molecular flexibility index (Phi) is 6.16. The van der Waals surface area contributed by atoms with Crippen molar-refractivity contribution in [3.05, 3.63) is 95.6 Å². The number of ether oxygens (including phenoxy) is 1. The lowest BCUT2D eigenvalue weighted by Gasteiger charge is -2.15. The van der Waals surface area contributed by atoms with Gasteiger partial charge in [-0.15, -0.1) is 0 Å². The summed E-state index contributed by atoms with van der Waals surface area (Å²) in [6.45, 7) is 3.56. The van der Waals surface area contributed by atoms with Crippen molar-refractivity contribution in [2.75, 3.05) is 5.32 Å². The molecular weight excluding hydrogens is 446 g/mol. The number of nitrogens with one attached hydrogen (secondary N) is 1. The predicted octanol–water partition coefficient (Wildman–Crippen LogP) is 7.88. The zero-order chi connectivity index (χ0) is 23.7. The Labute approximate surface area is 176 Å². The maximum atomic E-state index is 13.8. The van der Waals surface area contributed by atoms with E-state index in [-0.39, 0.29) is 23.1 Å². The standard InChI is InChI=1S/C22H13F8NO/c1-12(20-18(23)3-2-4-19(20)24)31-15-5-7-16(8-6-15)32-17-10-13(21(25,26)27)9-14(11-17)22(28,29)30/h2-11,31H,1H2. The van der Waals surface area contributed by atoms with E-state index in [1.807, 2.05) is 0 Å². The summed E-state index contributed by atoms with van der Waals surface area (Å²) >= 11 is 0. The molecule has 0 bridgehead atoms. The largest absolute Gasteiger partial charge is 0.457 e. The highest BCUT2D eigenvalue weighted by Gasteiger charge is 2.37. The second-order valence-corrected chi connectivity index (χ2v) is 6.57. The topological polar surface area (TPSA) is 21.3 Å². The fourth-order valence-electron chi connectivity index (χ4n) is 2.75. The van der Waals surface area contributed by atoms with Gasteiger partial charge in [0.05, 0.1) is 16.7 Å². The molecule has 0 aliphatic rings. The lowest BCUT2D eigenvalue weighted by atomic mass is 10.1. The molecule has 0 atom stereocenters. The second kappa shape index (κ2) is 8.52. The van der Waals surface area contributed by atoms with Crippen molar-refractivity contribution in [2.45, 2.75) is 12.4 Å². The first-order valence-electron chi connectivity index (χ1n) is 8.82. The van der Waals surface area contributed by atoms with Crippen LogP contribution in [0.3, 0.4) is 0 Å². The van der Waals surface area contributed by atoms with Gasteiger partial charge in [-0.3, -0.25) is 0 Å². The van der Waals surface area contributed by atoms with Crippen molar-refractivity contribution in [3.63, 3.8) is 0 Å². The molecule has 3 aromatic rings. The van der Waals surface area contributed by atoms with Crippen LogP contribution >= 0.6 is 0 Å². The fourth-order valence-corrected chi connectivity index (χ4v) is 2.75. The van der Waals surface area contributed by atoms with E-state index in [2.05, 4.69) is 11.9 Å². The summed E-state index contributed by atoms with van der Waals surface area (Å²) < 4.78 is 111. The first-order chi connectivity index (χ1) is 14.8. The van der Waals surface area contributed by atoms with Gasteiger partial charge in [0.1, 0.15) is 23.1 Å². The highest BCUT2D eigenvalue weighted by Crippen LogP contribution is 2.39. The summed E-state index contributed by atoms with van der Waals surface area (Å²) in [4.78, 5) is 0. The van der Waals surface area contributed by atoms with Crippen LogP contribution < -0.4 is 10.1 Å². The third-order valence-electron chi connectivity index (χ3n) is 4.21. The molecule has 10 heteroatoms. The maximum Gasteiger partial charge on any atom is 0.416 e. The molecular formula is C22H13F8NO. The summed E-state index contributed by atoms with van der Waals surface area (Å²) in [7, 11) is 0. The number of hydrogen-bond donors (Lipinski definition) is 1. The van der Waals surface area contributed by atoms with Gasteiger partial charge in [-0.25, -0.2) is 8.78 Å². The van der Waals surface area contributed by atoms with Gasteiger partial charge in [0.15, 0.2) is 0 Å². The molecule has 1 N–H and O–H groups in total. The van der Waals surface area contributed by atoms with Crippen LogP contribution in [-0.4, -0.2) is 0 Å². The van der Waals surface area contributed by atoms with E-state index in [0.717, 1.165) is 12.1 Å². The van der Waals surface area contributed by atoms with E-state index in [4.69, 9.17) is 4.74 Å². The molecule has 3 rings (SSSR count). The molecule has 3 aromatic carbocycles. The summed E-state index contributed by atoms with van der Waals surface area (Å²) in [5.41, 5.74) is -3.20. The molecule has 168 valence electrons. The van der Waals surface area contributed by atoms with Crippen LogP contribution in [0.5, 0.6) is 11.5 Å². The van der Waals surface area contributed by atoms with E-state index < -0.39 is 40.9 Å². The minimum absolute atomic E-state index is 0.00661. The number of benzene rings is 3. The van der Waals surface area contributed by atoms with Crippen LogP contribution in [0.1, 0.15) is 16.7 Å². The Bertz CT molecular complexity index is 1080. The molecule has 0 spiro atoms. The van der Waals surface area contributed by atoms with Gasteiger partial charge < -0.3 is 10.1 Å². The zero-order valence-corrected chi connectivity index (χ0v) is 15.9. The average Bonchev–Trinajstić information content (AvgIpc) is 2.68. The highest BCUT2D eigenvalue weighted by atomic mass is 19.4. The maximum absolute atomic E-state index is 13.8. The van der Waals surface area contributed by atoms with Crippen LogP contribution in [0.4, 0.5) is 40.8 Å². The molecule has 0 radical (unpaired) electrons. The molecule has 0 amide bonds. The van der Waals surface area contributed by atoms with Crippen LogP contribution in [0.15, 0.2) is 67.2 Å². The van der Waals surface area contributed by atoms with Crippen LogP contribution in [0, 0.1) is 11.6 Å². The van der Waals surface area contributed by atoms with Crippen molar-refractivity contribution in [1.29, 1.82) is 0 Å². The number of hydrogen-bond acceptors (Lipinski definition) is 2. The molecule has 32 heavy (non-hydrogen) atoms. The smallest absolute Gasteiger partial charge is 0.416 e. The predicted molar refractivity (Wildman–Crippen MR) is 102 cm³/mol. The Morgan fingerprint density at radius 3 is 1.69 bits per heavy atom. The van der Waals surface area contributed by atoms with Gasteiger partial charge in [0.25, 0.3) is 0 Å². The molecule has 0 aliphatic carbocycles. The second-order valence-electron chi connectivity index (χ2n) is 6.57. The molecule has 0 heterocycles. The van der Waals surface area contributed by atoms with Crippen LogP contribution in [-0.2, 0) is 12.4 Å². The minimum Gasteiger partial charge on any atom is -0.457 e. The van der Waals surface area contributed by atoms with Gasteiger partial charge in [-0.2, -0.15) is 26.3 Å². The Morgan fingerprint density at radius 1 is 0.719 bits per heavy atom. The van der Waals surface area contributed by atoms with Crippen molar-refractivity contribution in [3.8, 4) is 11.5 Å². The molecule has 0 fully saturated rings. The molecule has 0 unspecified atom stereocenters. The van der Waals surface area contributed by atoms with Crippen LogP contribution in [0.25, 0.3) is 5.70 Å². The first kappa shape index (κ1) is 23.1. The van der Waals surface area contributed by atoms with Gasteiger partial charge >= 0.3 is 12.4 Å². The van der Waals surface area contributed by atoms with Crippen molar-refractivity contribution >= 4 is 11.4 Å². The van der Waals surface area contributed by atoms with Gasteiger partial charge in [0.2, 0.25) is 0 Å². The van der Waals surface area contributed by atoms with E-state index >= 15 is 0 Å². The van der Waals surface area contributed by atoms with Crippen molar-refractivity contribution in [1.82, 2.24) is 0 Å². The number of alkyl halides is 6. The normalized spacial score (nSPS) is 11.9. The quantitative estimate of drug-likeness (QED) is 0.392. The zero-order valence-electron chi connectivity index (χ0n) is 15.9. The third-order valence-corrected chi connectivity index (χ3v) is 4.21. The average molecular weight is 459 g/mol. The molecule has 0 aromatic heterocycles. The summed E-state index contributed by atoms with van der Waals surface area (Å²) in [6, 6.07) is 9.36. The van der Waals surface area contributed by atoms with Gasteiger partial charge in [-0.05, 0) is 54.6 Å². The molecule has 0 saturated heterocycles. The van der Waals surface area contributed by atoms with Crippen molar-refractivity contribution in [2.24, 2.45) is 0 Å². The summed E-state index contributed by atoms with van der Waals surface area (Å²) in [5.74, 6) is -2.41. The lowest BCUT2D eigenvalue weighted by molar-refractivity contribution is -0.143. The Balaban J connectivity index is 1.81. The monoisotopic (exact) mass is 459 g/mol. The van der Waals surface area contributed by atoms with E-state index in [1.54, 1.807) is 0 Å². The van der Waals surface area contributed by atoms with E-state index in [1.165, 1.54) is 30.3 Å². The fraction of sp³-hybridized carbons (Fsp3) is 0.0909. The highest BCUT2D eigenvalue weighted by molar-refractivity contribution is 5.76. The Morgan fingerprint density at radius 2 is 1.22 bits per heavy atom. The first-order valence-corrected chi connectivity index (χ1v) is 8.82. The number of halogens is 8. The molecule has 0 saturated carbocycles. The summed E-state index contributed by atoms with van der Waals surface area (Å²) in [6.07, 6.45) is -10.0. The van der Waals surface area contributed by atoms with Gasteiger partial charge in [-0.1, -0.05) is 12.6 Å². The third kappa shape index (κ3) is 5.37. The lowest BCUT2D eigenvalue weighted by Crippen LogP contribution is -2.11. The number of anilines is 1. The molecule has 2 nitrogen and oxygen atoms in total. The van der Waals surface area contributed by atoms with Crippen LogP contribution in [0.2, 0.25) is 0 Å². The van der Waals surface area contributed by atoms with Crippen molar-refractivity contribution < 1.29 is 39.9 Å². The summed E-state index contributed by atoms with van der Waals surface area (Å²) in [5, 5.41) is 2.66. The molecule has 0 aliphatic heterocycles. The minimum atomic E-state index is -5.00.